The lowest BCUT2D eigenvalue weighted by Gasteiger charge is -2.38. The Labute approximate surface area is 198 Å². The molecule has 2 heterocycles. The third kappa shape index (κ3) is 4.16. The quantitative estimate of drug-likeness (QED) is 0.492. The van der Waals surface area contributed by atoms with Gasteiger partial charge in [-0.3, -0.25) is 9.80 Å². The number of halogens is 3. The van der Waals surface area contributed by atoms with E-state index >= 15 is 0 Å². The Bertz CT molecular complexity index is 1040. The van der Waals surface area contributed by atoms with Gasteiger partial charge in [0.2, 0.25) is 0 Å². The lowest BCUT2D eigenvalue weighted by molar-refractivity contribution is 0.0595. The number of fused-ring (bicyclic) bond motifs is 2. The Morgan fingerprint density at radius 1 is 1.12 bits per heavy atom. The molecule has 170 valence electrons. The van der Waals surface area contributed by atoms with Crippen LogP contribution in [-0.2, 0) is 11.3 Å². The molecule has 0 spiro atoms. The normalized spacial score (nSPS) is 24.2. The molecule has 32 heavy (non-hydrogen) atoms. The highest BCUT2D eigenvalue weighted by Crippen LogP contribution is 2.44. The molecule has 0 amide bonds. The second kappa shape index (κ2) is 8.60. The smallest absolute Gasteiger partial charge is 0.340 e. The van der Waals surface area contributed by atoms with Gasteiger partial charge in [-0.2, -0.15) is 0 Å². The van der Waals surface area contributed by atoms with Gasteiger partial charge in [0.25, 0.3) is 0 Å². The molecule has 2 aliphatic heterocycles. The summed E-state index contributed by atoms with van der Waals surface area (Å²) in [6.45, 7) is 4.85. The molecule has 0 N–H and O–H groups in total. The first-order valence-electron chi connectivity index (χ1n) is 11.2. The largest absolute Gasteiger partial charge is 0.465 e. The molecule has 1 unspecified atom stereocenters. The highest BCUT2D eigenvalue weighted by molar-refractivity contribution is 6.34. The highest BCUT2D eigenvalue weighted by atomic mass is 35.5. The number of ether oxygens (including phenoxy) is 1. The average Bonchev–Trinajstić information content (AvgIpc) is 3.41. The van der Waals surface area contributed by atoms with Crippen molar-refractivity contribution < 1.29 is 13.9 Å². The molecule has 3 aliphatic rings. The Morgan fingerprint density at radius 2 is 1.84 bits per heavy atom. The molecule has 1 saturated carbocycles. The molecular weight excluding hydrogens is 450 g/mol. The van der Waals surface area contributed by atoms with E-state index < -0.39 is 11.8 Å². The molecule has 0 radical (unpaired) electrons. The van der Waals surface area contributed by atoms with Gasteiger partial charge in [-0.15, -0.1) is 0 Å². The summed E-state index contributed by atoms with van der Waals surface area (Å²) in [5.41, 5.74) is 3.29. The first kappa shape index (κ1) is 22.1. The topological polar surface area (TPSA) is 32.8 Å². The van der Waals surface area contributed by atoms with Gasteiger partial charge in [-0.05, 0) is 79.1 Å². The zero-order valence-corrected chi connectivity index (χ0v) is 19.8. The predicted octanol–water partition coefficient (Wildman–Crippen LogP) is 5.82. The summed E-state index contributed by atoms with van der Waals surface area (Å²) in [5, 5.41) is 1.32. The third-order valence-corrected chi connectivity index (χ3v) is 7.72. The molecule has 3 atom stereocenters. The number of carbonyl (C=O) groups excluding carboxylic acids is 1. The van der Waals surface area contributed by atoms with E-state index in [0.717, 1.165) is 55.6 Å². The van der Waals surface area contributed by atoms with Crippen molar-refractivity contribution in [3.8, 4) is 0 Å². The zero-order chi connectivity index (χ0) is 22.6. The van der Waals surface area contributed by atoms with Crippen LogP contribution in [-0.4, -0.2) is 48.1 Å². The molecule has 2 aromatic rings. The molecule has 2 aromatic carbocycles. The minimum atomic E-state index is -0.609. The summed E-state index contributed by atoms with van der Waals surface area (Å²) < 4.78 is 19.4. The standard InChI is InChI=1S/C25H27Cl2FN2O2/c1-14(16-5-18(26)8-19(27)6-16)30-13-20-9-21(30)12-29(20)11-17-7-24(28)23(25(31)32-2)10-22(17)15-3-4-15/h5-8,10,14-15,20-21H,3-4,9,11-13H2,1-2H3/t14?,20-,21-/m0/s1. The molecule has 4 nitrogen and oxygen atoms in total. The average molecular weight is 477 g/mol. The number of carbonyl (C=O) groups is 1. The summed E-state index contributed by atoms with van der Waals surface area (Å²) in [4.78, 5) is 17.0. The lowest BCUT2D eigenvalue weighted by Crippen LogP contribution is -2.46. The number of likely N-dealkylation sites (tertiary alicyclic amines) is 2. The van der Waals surface area contributed by atoms with Crippen LogP contribution in [0.2, 0.25) is 10.0 Å². The van der Waals surface area contributed by atoms with Crippen LogP contribution in [0, 0.1) is 5.82 Å². The Balaban J connectivity index is 1.31. The van der Waals surface area contributed by atoms with Crippen LogP contribution in [0.25, 0.3) is 0 Å². The van der Waals surface area contributed by atoms with Crippen LogP contribution in [0.1, 0.15) is 65.2 Å². The molecule has 0 aromatic heterocycles. The van der Waals surface area contributed by atoms with E-state index in [0.29, 0.717) is 28.0 Å². The number of hydrogen-bond acceptors (Lipinski definition) is 4. The van der Waals surface area contributed by atoms with Gasteiger partial charge in [-0.25, -0.2) is 9.18 Å². The number of methoxy groups -OCH3 is 1. The van der Waals surface area contributed by atoms with Crippen molar-refractivity contribution in [1.29, 1.82) is 0 Å². The fourth-order valence-electron chi connectivity index (χ4n) is 5.48. The molecule has 2 bridgehead atoms. The molecule has 5 rings (SSSR count). The van der Waals surface area contributed by atoms with Crippen molar-refractivity contribution in [2.75, 3.05) is 20.2 Å². The first-order valence-corrected chi connectivity index (χ1v) is 12.0. The minimum Gasteiger partial charge on any atom is -0.465 e. The third-order valence-electron chi connectivity index (χ3n) is 7.29. The van der Waals surface area contributed by atoms with E-state index in [1.165, 1.54) is 7.11 Å². The SMILES string of the molecule is COC(=O)c1cc(C2CC2)c(CN2C[C@@H]3C[C@H]2CN3C(C)c2cc(Cl)cc(Cl)c2)cc1F. The van der Waals surface area contributed by atoms with Gasteiger partial charge < -0.3 is 4.74 Å². The first-order chi connectivity index (χ1) is 15.3. The van der Waals surface area contributed by atoms with E-state index in [-0.39, 0.29) is 11.6 Å². The summed E-state index contributed by atoms with van der Waals surface area (Å²) in [6, 6.07) is 10.2. The van der Waals surface area contributed by atoms with Crippen LogP contribution >= 0.6 is 23.2 Å². The Hall–Kier alpha value is -1.66. The van der Waals surface area contributed by atoms with Crippen molar-refractivity contribution >= 4 is 29.2 Å². The van der Waals surface area contributed by atoms with Gasteiger partial charge in [-0.1, -0.05) is 23.2 Å². The van der Waals surface area contributed by atoms with Crippen molar-refractivity contribution in [3.05, 3.63) is 68.4 Å². The molecule has 7 heteroatoms. The number of rotatable bonds is 6. The maximum Gasteiger partial charge on any atom is 0.340 e. The highest BCUT2D eigenvalue weighted by Gasteiger charge is 2.45. The fraction of sp³-hybridized carbons (Fsp3) is 0.480. The summed E-state index contributed by atoms with van der Waals surface area (Å²) in [5.74, 6) is -0.673. The fourth-order valence-corrected chi connectivity index (χ4v) is 6.03. The number of esters is 1. The molecule has 2 saturated heterocycles. The van der Waals surface area contributed by atoms with Crippen molar-refractivity contribution in [2.45, 2.75) is 56.8 Å². The van der Waals surface area contributed by atoms with Crippen LogP contribution in [0.4, 0.5) is 4.39 Å². The van der Waals surface area contributed by atoms with E-state index in [1.54, 1.807) is 18.2 Å². The van der Waals surface area contributed by atoms with Crippen LogP contribution in [0.3, 0.4) is 0 Å². The predicted molar refractivity (Wildman–Crippen MR) is 124 cm³/mol. The maximum absolute atomic E-state index is 14.7. The van der Waals surface area contributed by atoms with Crippen LogP contribution < -0.4 is 0 Å². The molecule has 3 fully saturated rings. The van der Waals surface area contributed by atoms with Crippen molar-refractivity contribution in [1.82, 2.24) is 9.80 Å². The summed E-state index contributed by atoms with van der Waals surface area (Å²) in [6.07, 6.45) is 3.30. The number of nitrogens with zero attached hydrogens (tertiary/aromatic N) is 2. The van der Waals surface area contributed by atoms with Crippen molar-refractivity contribution in [2.24, 2.45) is 0 Å². The zero-order valence-electron chi connectivity index (χ0n) is 18.3. The van der Waals surface area contributed by atoms with Gasteiger partial charge in [0.1, 0.15) is 5.82 Å². The van der Waals surface area contributed by atoms with E-state index in [2.05, 4.69) is 16.7 Å². The molecule has 1 aliphatic carbocycles. The molecular formula is C25H27Cl2FN2O2. The number of hydrogen-bond donors (Lipinski definition) is 0. The number of piperazine rings is 1. The number of benzene rings is 2. The van der Waals surface area contributed by atoms with Crippen LogP contribution in [0.15, 0.2) is 30.3 Å². The lowest BCUT2D eigenvalue weighted by atomic mass is 9.98. The van der Waals surface area contributed by atoms with E-state index in [1.807, 2.05) is 12.1 Å². The van der Waals surface area contributed by atoms with Crippen molar-refractivity contribution in [3.63, 3.8) is 0 Å². The Kier molecular flexibility index (Phi) is 5.95. The summed E-state index contributed by atoms with van der Waals surface area (Å²) in [7, 11) is 1.29. The summed E-state index contributed by atoms with van der Waals surface area (Å²) >= 11 is 12.4. The van der Waals surface area contributed by atoms with Gasteiger partial charge in [0, 0.05) is 47.8 Å². The monoisotopic (exact) mass is 476 g/mol. The second-order valence-electron chi connectivity index (χ2n) is 9.35. The van der Waals surface area contributed by atoms with Gasteiger partial charge in [0.05, 0.1) is 12.7 Å². The minimum absolute atomic E-state index is 0.0428. The van der Waals surface area contributed by atoms with E-state index in [4.69, 9.17) is 27.9 Å². The van der Waals surface area contributed by atoms with E-state index in [9.17, 15) is 9.18 Å². The van der Waals surface area contributed by atoms with Gasteiger partial charge >= 0.3 is 5.97 Å². The Morgan fingerprint density at radius 3 is 2.44 bits per heavy atom. The van der Waals surface area contributed by atoms with Crippen LogP contribution in [0.5, 0.6) is 0 Å². The van der Waals surface area contributed by atoms with Gasteiger partial charge in [0.15, 0.2) is 0 Å². The second-order valence-corrected chi connectivity index (χ2v) is 10.2. The maximum atomic E-state index is 14.7.